The van der Waals surface area contributed by atoms with Crippen molar-refractivity contribution in [3.63, 3.8) is 0 Å². The minimum Gasteiger partial charge on any atom is -0.351 e. The molecular formula is C23H28N4O. The Kier molecular flexibility index (Phi) is 5.46. The molecule has 5 nitrogen and oxygen atoms in total. The average molecular weight is 377 g/mol. The molecule has 1 aromatic heterocycles. The number of nitrogens with one attached hydrogen (secondary N) is 2. The molecule has 2 aromatic carbocycles. The standard InChI is InChI=1S/C23H28N4O/c1-16-2-4-17(5-3-16)18-6-7-19-15-22(26-21(19)14-18)23(28)27(13-10-24)20-8-11-25-12-9-20/h2-7,14-15,20,25-26H,8-13,24H2,1H3. The summed E-state index contributed by atoms with van der Waals surface area (Å²) in [7, 11) is 0. The lowest BCUT2D eigenvalue weighted by Gasteiger charge is -2.34. The number of carbonyl (C=O) groups excluding carboxylic acids is 1. The molecule has 0 bridgehead atoms. The summed E-state index contributed by atoms with van der Waals surface area (Å²) in [5, 5.41) is 4.41. The van der Waals surface area contributed by atoms with Gasteiger partial charge in [-0.3, -0.25) is 4.79 Å². The SMILES string of the molecule is Cc1ccc(-c2ccc3cc(C(=O)N(CCN)C4CCNCC4)[nH]c3c2)cc1. The average Bonchev–Trinajstić information content (AvgIpc) is 3.16. The second kappa shape index (κ2) is 8.17. The summed E-state index contributed by atoms with van der Waals surface area (Å²) >= 11 is 0. The van der Waals surface area contributed by atoms with E-state index in [4.69, 9.17) is 5.73 Å². The summed E-state index contributed by atoms with van der Waals surface area (Å²) in [6.45, 7) is 5.06. The first-order valence-electron chi connectivity index (χ1n) is 10.1. The Morgan fingerprint density at radius 3 is 2.50 bits per heavy atom. The van der Waals surface area contributed by atoms with Gasteiger partial charge < -0.3 is 20.9 Å². The molecule has 4 N–H and O–H groups in total. The lowest BCUT2D eigenvalue weighted by molar-refractivity contribution is 0.0645. The first-order chi connectivity index (χ1) is 13.7. The van der Waals surface area contributed by atoms with Gasteiger partial charge >= 0.3 is 0 Å². The zero-order valence-electron chi connectivity index (χ0n) is 16.4. The van der Waals surface area contributed by atoms with Gasteiger partial charge in [-0.2, -0.15) is 0 Å². The predicted molar refractivity (Wildman–Crippen MR) is 114 cm³/mol. The van der Waals surface area contributed by atoms with Crippen molar-refractivity contribution in [2.24, 2.45) is 5.73 Å². The number of H-pyrrole nitrogens is 1. The number of carbonyl (C=O) groups is 1. The van der Waals surface area contributed by atoms with Gasteiger partial charge in [0.15, 0.2) is 0 Å². The highest BCUT2D eigenvalue weighted by atomic mass is 16.2. The minimum atomic E-state index is 0.0467. The number of benzene rings is 2. The van der Waals surface area contributed by atoms with E-state index in [9.17, 15) is 4.79 Å². The van der Waals surface area contributed by atoms with Gasteiger partial charge in [0, 0.05) is 30.0 Å². The lowest BCUT2D eigenvalue weighted by Crippen LogP contribution is -2.48. The Labute approximate surface area is 165 Å². The molecule has 0 aliphatic carbocycles. The molecule has 146 valence electrons. The van der Waals surface area contributed by atoms with E-state index >= 15 is 0 Å². The van der Waals surface area contributed by atoms with Gasteiger partial charge in [0.2, 0.25) is 0 Å². The summed E-state index contributed by atoms with van der Waals surface area (Å²) in [6, 6.07) is 17.0. The van der Waals surface area contributed by atoms with Crippen LogP contribution in [0.1, 0.15) is 28.9 Å². The van der Waals surface area contributed by atoms with Crippen molar-refractivity contribution in [2.45, 2.75) is 25.8 Å². The van der Waals surface area contributed by atoms with E-state index in [-0.39, 0.29) is 11.9 Å². The number of hydrogen-bond donors (Lipinski definition) is 3. The van der Waals surface area contributed by atoms with Crippen molar-refractivity contribution >= 4 is 16.8 Å². The number of nitrogens with zero attached hydrogens (tertiary/aromatic N) is 1. The van der Waals surface area contributed by atoms with Gasteiger partial charge in [-0.1, -0.05) is 42.0 Å². The van der Waals surface area contributed by atoms with Crippen molar-refractivity contribution in [3.05, 3.63) is 59.8 Å². The van der Waals surface area contributed by atoms with Crippen LogP contribution in [0.4, 0.5) is 0 Å². The van der Waals surface area contributed by atoms with Crippen molar-refractivity contribution in [1.29, 1.82) is 0 Å². The molecule has 1 amide bonds. The molecule has 0 unspecified atom stereocenters. The van der Waals surface area contributed by atoms with E-state index < -0.39 is 0 Å². The maximum atomic E-state index is 13.2. The van der Waals surface area contributed by atoms with Gasteiger partial charge in [0.1, 0.15) is 5.69 Å². The van der Waals surface area contributed by atoms with Crippen LogP contribution in [-0.4, -0.2) is 48.0 Å². The third-order valence-electron chi connectivity index (χ3n) is 5.62. The smallest absolute Gasteiger partial charge is 0.270 e. The highest BCUT2D eigenvalue weighted by Gasteiger charge is 2.26. The van der Waals surface area contributed by atoms with Gasteiger partial charge in [0.05, 0.1) is 0 Å². The molecule has 1 aliphatic heterocycles. The first kappa shape index (κ1) is 18.7. The molecule has 5 heteroatoms. The molecule has 0 radical (unpaired) electrons. The van der Waals surface area contributed by atoms with Crippen LogP contribution in [0.15, 0.2) is 48.5 Å². The maximum Gasteiger partial charge on any atom is 0.270 e. The van der Waals surface area contributed by atoms with Crippen LogP contribution in [0.2, 0.25) is 0 Å². The summed E-state index contributed by atoms with van der Waals surface area (Å²) in [4.78, 5) is 18.5. The largest absolute Gasteiger partial charge is 0.351 e. The molecule has 0 saturated carbocycles. The third-order valence-corrected chi connectivity index (χ3v) is 5.62. The van der Waals surface area contributed by atoms with Crippen molar-refractivity contribution in [3.8, 4) is 11.1 Å². The van der Waals surface area contributed by atoms with Crippen LogP contribution in [-0.2, 0) is 0 Å². The predicted octanol–water partition coefficient (Wildman–Crippen LogP) is 3.30. The van der Waals surface area contributed by atoms with Crippen molar-refractivity contribution in [2.75, 3.05) is 26.2 Å². The Balaban J connectivity index is 1.62. The van der Waals surface area contributed by atoms with Crippen molar-refractivity contribution < 1.29 is 4.79 Å². The highest BCUT2D eigenvalue weighted by Crippen LogP contribution is 2.26. The molecular weight excluding hydrogens is 348 g/mol. The second-order valence-corrected chi connectivity index (χ2v) is 7.62. The lowest BCUT2D eigenvalue weighted by atomic mass is 10.0. The molecule has 1 fully saturated rings. The number of amides is 1. The molecule has 4 rings (SSSR count). The van der Waals surface area contributed by atoms with Gasteiger partial charge in [-0.25, -0.2) is 0 Å². The fourth-order valence-corrected chi connectivity index (χ4v) is 4.03. The molecule has 28 heavy (non-hydrogen) atoms. The van der Waals surface area contributed by atoms with Crippen LogP contribution in [0.25, 0.3) is 22.0 Å². The topological polar surface area (TPSA) is 74.2 Å². The fourth-order valence-electron chi connectivity index (χ4n) is 4.03. The van der Waals surface area contributed by atoms with E-state index in [0.717, 1.165) is 42.4 Å². The number of aromatic nitrogens is 1. The Morgan fingerprint density at radius 2 is 1.79 bits per heavy atom. The summed E-state index contributed by atoms with van der Waals surface area (Å²) in [5.74, 6) is 0.0467. The zero-order chi connectivity index (χ0) is 19.5. The number of fused-ring (bicyclic) bond motifs is 1. The number of aryl methyl sites for hydroxylation is 1. The van der Waals surface area contributed by atoms with E-state index in [1.54, 1.807) is 0 Å². The van der Waals surface area contributed by atoms with Crippen LogP contribution in [0.3, 0.4) is 0 Å². The summed E-state index contributed by atoms with van der Waals surface area (Å²) < 4.78 is 0. The molecule has 2 heterocycles. The number of piperidine rings is 1. The second-order valence-electron chi connectivity index (χ2n) is 7.62. The van der Waals surface area contributed by atoms with E-state index in [1.165, 1.54) is 11.1 Å². The molecule has 3 aromatic rings. The molecule has 0 atom stereocenters. The zero-order valence-corrected chi connectivity index (χ0v) is 16.4. The van der Waals surface area contributed by atoms with Crippen molar-refractivity contribution in [1.82, 2.24) is 15.2 Å². The molecule has 1 aliphatic rings. The maximum absolute atomic E-state index is 13.2. The van der Waals surface area contributed by atoms with Crippen LogP contribution in [0.5, 0.6) is 0 Å². The monoisotopic (exact) mass is 376 g/mol. The van der Waals surface area contributed by atoms with Gasteiger partial charge in [-0.05, 0) is 56.1 Å². The van der Waals surface area contributed by atoms with Gasteiger partial charge in [-0.15, -0.1) is 0 Å². The minimum absolute atomic E-state index is 0.0467. The van der Waals surface area contributed by atoms with Gasteiger partial charge in [0.25, 0.3) is 5.91 Å². The van der Waals surface area contributed by atoms with Crippen LogP contribution in [0, 0.1) is 6.92 Å². The van der Waals surface area contributed by atoms with Crippen LogP contribution >= 0.6 is 0 Å². The van der Waals surface area contributed by atoms with E-state index in [1.807, 2.05) is 11.0 Å². The molecule has 1 saturated heterocycles. The number of nitrogens with two attached hydrogens (primary N) is 1. The first-order valence-corrected chi connectivity index (χ1v) is 10.1. The number of aromatic amines is 1. The fraction of sp³-hybridized carbons (Fsp3) is 0.348. The Bertz CT molecular complexity index is 954. The molecule has 0 spiro atoms. The number of rotatable bonds is 5. The van der Waals surface area contributed by atoms with E-state index in [2.05, 4.69) is 59.7 Å². The van der Waals surface area contributed by atoms with Crippen LogP contribution < -0.4 is 11.1 Å². The Hall–Kier alpha value is -2.63. The summed E-state index contributed by atoms with van der Waals surface area (Å²) in [5.41, 5.74) is 11.0. The number of hydrogen-bond acceptors (Lipinski definition) is 3. The Morgan fingerprint density at radius 1 is 1.07 bits per heavy atom. The summed E-state index contributed by atoms with van der Waals surface area (Å²) in [6.07, 6.45) is 1.95. The quantitative estimate of drug-likeness (QED) is 0.640. The highest BCUT2D eigenvalue weighted by molar-refractivity contribution is 5.99. The normalized spacial score (nSPS) is 15.1. The van der Waals surface area contributed by atoms with E-state index in [0.29, 0.717) is 18.8 Å². The third kappa shape index (κ3) is 3.81.